The topological polar surface area (TPSA) is 49.4 Å². The quantitative estimate of drug-likeness (QED) is 0.544. The molecule has 2 aromatic rings. The Balaban J connectivity index is 2.06. The Morgan fingerprint density at radius 1 is 1.03 bits per heavy atom. The third kappa shape index (κ3) is 7.69. The van der Waals surface area contributed by atoms with Crippen molar-refractivity contribution in [1.29, 1.82) is 0 Å². The van der Waals surface area contributed by atoms with Crippen LogP contribution in [0.4, 0.5) is 0 Å². The van der Waals surface area contributed by atoms with Crippen LogP contribution < -0.4 is 5.32 Å². The molecule has 0 bridgehead atoms. The zero-order chi connectivity index (χ0) is 22.1. The Morgan fingerprint density at radius 3 is 2.23 bits per heavy atom. The molecule has 4 nitrogen and oxygen atoms in total. The number of carbonyl (C=O) groups is 2. The lowest BCUT2D eigenvalue weighted by Crippen LogP contribution is -2.50. The molecule has 0 aliphatic carbocycles. The van der Waals surface area contributed by atoms with Gasteiger partial charge in [-0.25, -0.2) is 0 Å². The fourth-order valence-corrected chi connectivity index (χ4v) is 3.85. The van der Waals surface area contributed by atoms with Crippen LogP contribution in [0.2, 0.25) is 5.02 Å². The van der Waals surface area contributed by atoms with E-state index in [1.54, 1.807) is 35.7 Å². The van der Waals surface area contributed by atoms with Crippen molar-refractivity contribution in [2.45, 2.75) is 58.5 Å². The molecule has 2 unspecified atom stereocenters. The Bertz CT molecular complexity index is 824. The van der Waals surface area contributed by atoms with Crippen molar-refractivity contribution in [2.75, 3.05) is 5.75 Å². The number of thioether (sulfide) groups is 1. The van der Waals surface area contributed by atoms with E-state index in [1.807, 2.05) is 26.0 Å². The Morgan fingerprint density at radius 2 is 1.63 bits per heavy atom. The van der Waals surface area contributed by atoms with Gasteiger partial charge in [0, 0.05) is 23.4 Å². The van der Waals surface area contributed by atoms with Crippen LogP contribution in [-0.2, 0) is 21.9 Å². The fraction of sp³-hybridized carbons (Fsp3) is 0.417. The summed E-state index contributed by atoms with van der Waals surface area (Å²) in [6.07, 6.45) is 0.843. The van der Waals surface area contributed by atoms with Crippen LogP contribution in [0.5, 0.6) is 0 Å². The molecular weight excluding hydrogens is 416 g/mol. The van der Waals surface area contributed by atoms with Crippen molar-refractivity contribution in [3.05, 3.63) is 70.2 Å². The van der Waals surface area contributed by atoms with Gasteiger partial charge in [0.15, 0.2) is 0 Å². The summed E-state index contributed by atoms with van der Waals surface area (Å²) in [6.45, 7) is 8.20. The van der Waals surface area contributed by atoms with E-state index in [-0.39, 0.29) is 17.9 Å². The average molecular weight is 447 g/mol. The SMILES string of the molecule is CCC(C)NC(=O)C(C)N(Cc1ccc(Cl)cc1)C(=O)CSCc1ccc(C)cc1. The predicted octanol–water partition coefficient (Wildman–Crippen LogP) is 5.21. The van der Waals surface area contributed by atoms with Crippen LogP contribution in [-0.4, -0.2) is 34.6 Å². The molecule has 162 valence electrons. The molecule has 1 N–H and O–H groups in total. The van der Waals surface area contributed by atoms with Crippen molar-refractivity contribution >= 4 is 35.2 Å². The highest BCUT2D eigenvalue weighted by Crippen LogP contribution is 2.17. The number of hydrogen-bond acceptors (Lipinski definition) is 3. The fourth-order valence-electron chi connectivity index (χ4n) is 2.86. The van der Waals surface area contributed by atoms with E-state index >= 15 is 0 Å². The molecule has 0 fully saturated rings. The lowest BCUT2D eigenvalue weighted by molar-refractivity contribution is -0.138. The molecule has 0 saturated carbocycles. The lowest BCUT2D eigenvalue weighted by Gasteiger charge is -2.29. The lowest BCUT2D eigenvalue weighted by atomic mass is 10.1. The molecule has 0 saturated heterocycles. The summed E-state index contributed by atoms with van der Waals surface area (Å²) in [5.74, 6) is 0.903. The summed E-state index contributed by atoms with van der Waals surface area (Å²) in [5, 5.41) is 3.63. The third-order valence-electron chi connectivity index (χ3n) is 5.05. The second kappa shape index (κ2) is 12.0. The van der Waals surface area contributed by atoms with Gasteiger partial charge in [-0.05, 0) is 50.5 Å². The number of aryl methyl sites for hydroxylation is 1. The van der Waals surface area contributed by atoms with Gasteiger partial charge in [-0.1, -0.05) is 60.5 Å². The first-order valence-corrected chi connectivity index (χ1v) is 11.8. The summed E-state index contributed by atoms with van der Waals surface area (Å²) < 4.78 is 0. The van der Waals surface area contributed by atoms with Gasteiger partial charge in [0.1, 0.15) is 6.04 Å². The molecule has 6 heteroatoms. The molecule has 2 rings (SSSR count). The van der Waals surface area contributed by atoms with Crippen LogP contribution in [0.1, 0.15) is 43.9 Å². The summed E-state index contributed by atoms with van der Waals surface area (Å²) in [4.78, 5) is 27.4. The first-order valence-electron chi connectivity index (χ1n) is 10.3. The molecular formula is C24H31ClN2O2S. The Hall–Kier alpha value is -1.98. The van der Waals surface area contributed by atoms with Gasteiger partial charge >= 0.3 is 0 Å². The molecule has 2 aromatic carbocycles. The third-order valence-corrected chi connectivity index (χ3v) is 6.29. The van der Waals surface area contributed by atoms with Crippen molar-refractivity contribution < 1.29 is 9.59 Å². The zero-order valence-electron chi connectivity index (χ0n) is 18.2. The first-order chi connectivity index (χ1) is 14.3. The molecule has 30 heavy (non-hydrogen) atoms. The molecule has 0 radical (unpaired) electrons. The summed E-state index contributed by atoms with van der Waals surface area (Å²) >= 11 is 7.55. The number of benzene rings is 2. The maximum Gasteiger partial charge on any atom is 0.242 e. The standard InChI is InChI=1S/C24H31ClN2O2S/c1-5-18(3)26-24(29)19(4)27(14-20-10-12-22(25)13-11-20)23(28)16-30-15-21-8-6-17(2)7-9-21/h6-13,18-19H,5,14-16H2,1-4H3,(H,26,29). The van der Waals surface area contributed by atoms with E-state index in [4.69, 9.17) is 11.6 Å². The first kappa shape index (κ1) is 24.3. The van der Waals surface area contributed by atoms with Crippen LogP contribution in [0.3, 0.4) is 0 Å². The summed E-state index contributed by atoms with van der Waals surface area (Å²) in [5.41, 5.74) is 3.35. The van der Waals surface area contributed by atoms with Gasteiger partial charge in [-0.3, -0.25) is 9.59 Å². The monoisotopic (exact) mass is 446 g/mol. The minimum Gasteiger partial charge on any atom is -0.352 e. The van der Waals surface area contributed by atoms with E-state index in [0.29, 0.717) is 17.3 Å². The van der Waals surface area contributed by atoms with Gasteiger partial charge in [0.2, 0.25) is 11.8 Å². The Labute approximate surface area is 189 Å². The van der Waals surface area contributed by atoms with Gasteiger partial charge in [-0.15, -0.1) is 11.8 Å². The van der Waals surface area contributed by atoms with Crippen molar-refractivity contribution in [2.24, 2.45) is 0 Å². The maximum absolute atomic E-state index is 13.1. The van der Waals surface area contributed by atoms with Crippen molar-refractivity contribution in [3.8, 4) is 0 Å². The largest absolute Gasteiger partial charge is 0.352 e. The second-order valence-corrected chi connectivity index (χ2v) is 9.04. The highest BCUT2D eigenvalue weighted by Gasteiger charge is 2.26. The minimum absolute atomic E-state index is 0.0473. The minimum atomic E-state index is -0.554. The van der Waals surface area contributed by atoms with E-state index < -0.39 is 6.04 Å². The zero-order valence-corrected chi connectivity index (χ0v) is 19.7. The molecule has 0 spiro atoms. The van der Waals surface area contributed by atoms with Crippen molar-refractivity contribution in [3.63, 3.8) is 0 Å². The number of carbonyl (C=O) groups excluding carboxylic acids is 2. The molecule has 2 atom stereocenters. The predicted molar refractivity (Wildman–Crippen MR) is 127 cm³/mol. The van der Waals surface area contributed by atoms with E-state index in [9.17, 15) is 9.59 Å². The number of nitrogens with zero attached hydrogens (tertiary/aromatic N) is 1. The van der Waals surface area contributed by atoms with Crippen LogP contribution >= 0.6 is 23.4 Å². The van der Waals surface area contributed by atoms with E-state index in [2.05, 4.69) is 36.5 Å². The maximum atomic E-state index is 13.1. The van der Waals surface area contributed by atoms with Gasteiger partial charge < -0.3 is 10.2 Å². The normalized spacial score (nSPS) is 12.8. The van der Waals surface area contributed by atoms with Crippen molar-refractivity contribution in [1.82, 2.24) is 10.2 Å². The van der Waals surface area contributed by atoms with Crippen LogP contribution in [0.15, 0.2) is 48.5 Å². The molecule has 0 aliphatic rings. The van der Waals surface area contributed by atoms with Gasteiger partial charge in [0.25, 0.3) is 0 Å². The van der Waals surface area contributed by atoms with E-state index in [1.165, 1.54) is 11.1 Å². The van der Waals surface area contributed by atoms with Gasteiger partial charge in [-0.2, -0.15) is 0 Å². The number of rotatable bonds is 10. The van der Waals surface area contributed by atoms with E-state index in [0.717, 1.165) is 17.7 Å². The number of nitrogens with one attached hydrogen (secondary N) is 1. The number of halogens is 1. The molecule has 0 aliphatic heterocycles. The van der Waals surface area contributed by atoms with Gasteiger partial charge in [0.05, 0.1) is 5.75 Å². The van der Waals surface area contributed by atoms with Crippen LogP contribution in [0, 0.1) is 6.92 Å². The average Bonchev–Trinajstić information content (AvgIpc) is 2.74. The highest BCUT2D eigenvalue weighted by atomic mass is 35.5. The second-order valence-electron chi connectivity index (χ2n) is 7.62. The molecule has 0 heterocycles. The highest BCUT2D eigenvalue weighted by molar-refractivity contribution is 7.99. The number of hydrogen-bond donors (Lipinski definition) is 1. The summed E-state index contributed by atoms with van der Waals surface area (Å²) in [7, 11) is 0. The van der Waals surface area contributed by atoms with Crippen LogP contribution in [0.25, 0.3) is 0 Å². The summed E-state index contributed by atoms with van der Waals surface area (Å²) in [6, 6.07) is 15.2. The number of amides is 2. The Kier molecular flexibility index (Phi) is 9.73. The molecule has 0 aromatic heterocycles. The smallest absolute Gasteiger partial charge is 0.242 e. The molecule has 2 amide bonds.